The van der Waals surface area contributed by atoms with Crippen molar-refractivity contribution >= 4 is 17.8 Å². The molecule has 0 aliphatic carbocycles. The molecule has 0 fully saturated rings. The number of carboxylic acids is 2. The molecule has 0 radical (unpaired) electrons. The van der Waals surface area contributed by atoms with Crippen LogP contribution >= 0.6 is 0 Å². The van der Waals surface area contributed by atoms with Gasteiger partial charge >= 0.3 is 11.9 Å². The van der Waals surface area contributed by atoms with Crippen LogP contribution in [0.25, 0.3) is 0 Å². The zero-order chi connectivity index (χ0) is 13.8. The fraction of sp³-hybridized carbons (Fsp3) is 0.667. The summed E-state index contributed by atoms with van der Waals surface area (Å²) in [6.45, 7) is 2.60. The van der Waals surface area contributed by atoms with Gasteiger partial charge in [0.1, 0.15) is 0 Å². The number of aliphatic carboxylic acids is 2. The van der Waals surface area contributed by atoms with Gasteiger partial charge in [0.05, 0.1) is 26.7 Å². The van der Waals surface area contributed by atoms with Crippen LogP contribution in [0.4, 0.5) is 0 Å². The van der Waals surface area contributed by atoms with Gasteiger partial charge in [-0.3, -0.25) is 24.1 Å². The Hall–Kier alpha value is -1.67. The van der Waals surface area contributed by atoms with Crippen LogP contribution in [0.2, 0.25) is 0 Å². The molecule has 0 aromatic carbocycles. The molecule has 0 aliphatic heterocycles. The smallest absolute Gasteiger partial charge is 0.317 e. The lowest BCUT2D eigenvalue weighted by Gasteiger charge is -2.16. The van der Waals surface area contributed by atoms with E-state index < -0.39 is 30.9 Å². The molecular weight excluding hydrogens is 232 g/mol. The fourth-order valence-corrected chi connectivity index (χ4v) is 0.899. The molecule has 3 N–H and O–H groups in total. The van der Waals surface area contributed by atoms with Gasteiger partial charge in [0.2, 0.25) is 0 Å². The van der Waals surface area contributed by atoms with Crippen molar-refractivity contribution in [2.45, 2.75) is 13.8 Å². The largest absolute Gasteiger partial charge is 0.480 e. The average Bonchev–Trinajstić information content (AvgIpc) is 2.18. The van der Waals surface area contributed by atoms with Gasteiger partial charge in [-0.25, -0.2) is 5.48 Å². The molecule has 8 nitrogen and oxygen atoms in total. The molecule has 17 heavy (non-hydrogen) atoms. The molecule has 0 aromatic rings. The van der Waals surface area contributed by atoms with Crippen LogP contribution in [0.15, 0.2) is 0 Å². The minimum atomic E-state index is -1.21. The molecule has 8 heteroatoms. The Morgan fingerprint density at radius 3 is 1.76 bits per heavy atom. The maximum absolute atomic E-state index is 11.0. The minimum absolute atomic E-state index is 0.355. The summed E-state index contributed by atoms with van der Waals surface area (Å²) < 4.78 is 0. The first-order valence-electron chi connectivity index (χ1n) is 4.93. The molecular formula is C9H18N2O6. The van der Waals surface area contributed by atoms with Gasteiger partial charge in [0, 0.05) is 0 Å². The summed E-state index contributed by atoms with van der Waals surface area (Å²) in [5.74, 6) is -3.03. The topological polar surface area (TPSA) is 116 Å². The van der Waals surface area contributed by atoms with E-state index in [1.165, 1.54) is 7.11 Å². The summed E-state index contributed by atoms with van der Waals surface area (Å²) in [7, 11) is 1.22. The summed E-state index contributed by atoms with van der Waals surface area (Å²) in [4.78, 5) is 36.9. The van der Waals surface area contributed by atoms with E-state index in [0.717, 1.165) is 4.90 Å². The zero-order valence-corrected chi connectivity index (χ0v) is 10.1. The van der Waals surface area contributed by atoms with Crippen molar-refractivity contribution in [2.24, 2.45) is 0 Å². The summed E-state index contributed by atoms with van der Waals surface area (Å²) in [6, 6.07) is 0. The van der Waals surface area contributed by atoms with Crippen LogP contribution in [0.5, 0.6) is 0 Å². The van der Waals surface area contributed by atoms with Gasteiger partial charge in [-0.2, -0.15) is 0 Å². The molecule has 0 rings (SSSR count). The molecule has 0 heterocycles. The van der Waals surface area contributed by atoms with Gasteiger partial charge in [-0.15, -0.1) is 0 Å². The number of hydrogen-bond donors (Lipinski definition) is 3. The van der Waals surface area contributed by atoms with Crippen molar-refractivity contribution < 1.29 is 29.4 Å². The molecule has 1 amide bonds. The highest BCUT2D eigenvalue weighted by molar-refractivity contribution is 5.79. The van der Waals surface area contributed by atoms with Crippen LogP contribution in [-0.2, 0) is 19.2 Å². The Morgan fingerprint density at radius 1 is 1.06 bits per heavy atom. The number of amides is 1. The Bertz CT molecular complexity index is 240. The van der Waals surface area contributed by atoms with Crippen molar-refractivity contribution in [1.29, 1.82) is 0 Å². The normalized spacial score (nSPS) is 9.18. The van der Waals surface area contributed by atoms with Crippen LogP contribution in [0.3, 0.4) is 0 Å². The van der Waals surface area contributed by atoms with Crippen molar-refractivity contribution in [3.05, 3.63) is 0 Å². The second-order valence-corrected chi connectivity index (χ2v) is 2.66. The highest BCUT2D eigenvalue weighted by Crippen LogP contribution is 1.88. The molecule has 0 spiro atoms. The van der Waals surface area contributed by atoms with Crippen molar-refractivity contribution in [3.63, 3.8) is 0 Å². The highest BCUT2D eigenvalue weighted by Gasteiger charge is 2.16. The molecule has 0 aliphatic rings. The Kier molecular flexibility index (Phi) is 11.3. The maximum Gasteiger partial charge on any atom is 0.317 e. The first-order valence-corrected chi connectivity index (χ1v) is 4.93. The number of carbonyl (C=O) groups is 3. The molecule has 100 valence electrons. The molecule has 0 atom stereocenters. The Labute approximate surface area is 99.1 Å². The van der Waals surface area contributed by atoms with Gasteiger partial charge in [-0.1, -0.05) is 13.8 Å². The molecule has 0 aromatic heterocycles. The van der Waals surface area contributed by atoms with E-state index in [9.17, 15) is 14.4 Å². The Balaban J connectivity index is 0. The van der Waals surface area contributed by atoms with Gasteiger partial charge in [-0.05, 0) is 0 Å². The van der Waals surface area contributed by atoms with Crippen LogP contribution < -0.4 is 5.48 Å². The van der Waals surface area contributed by atoms with E-state index in [1.54, 1.807) is 0 Å². The quantitative estimate of drug-likeness (QED) is 0.504. The molecule has 0 saturated heterocycles. The van der Waals surface area contributed by atoms with E-state index in [1.807, 2.05) is 19.3 Å². The minimum Gasteiger partial charge on any atom is -0.480 e. The lowest BCUT2D eigenvalue weighted by atomic mass is 10.4. The van der Waals surface area contributed by atoms with Crippen molar-refractivity contribution in [3.8, 4) is 0 Å². The first kappa shape index (κ1) is 17.7. The number of hydrogen-bond acceptors (Lipinski definition) is 5. The fourth-order valence-electron chi connectivity index (χ4n) is 0.899. The SMILES string of the molecule is CC.CONC(=O)CN(CC(=O)O)CC(=O)O. The predicted molar refractivity (Wildman–Crippen MR) is 58.2 cm³/mol. The van der Waals surface area contributed by atoms with Crippen molar-refractivity contribution in [2.75, 3.05) is 26.7 Å². The second-order valence-electron chi connectivity index (χ2n) is 2.66. The number of nitrogens with one attached hydrogen (secondary N) is 1. The number of carboxylic acid groups (broad SMARTS) is 2. The van der Waals surface area contributed by atoms with Crippen LogP contribution in [-0.4, -0.2) is 59.7 Å². The van der Waals surface area contributed by atoms with E-state index in [4.69, 9.17) is 10.2 Å². The summed E-state index contributed by atoms with van der Waals surface area (Å²) >= 11 is 0. The van der Waals surface area contributed by atoms with Crippen molar-refractivity contribution in [1.82, 2.24) is 10.4 Å². The van der Waals surface area contributed by atoms with Gasteiger partial charge in [0.25, 0.3) is 5.91 Å². The lowest BCUT2D eigenvalue weighted by Crippen LogP contribution is -2.41. The third-order valence-corrected chi connectivity index (χ3v) is 1.30. The number of carbonyl (C=O) groups excluding carboxylic acids is 1. The third-order valence-electron chi connectivity index (χ3n) is 1.30. The predicted octanol–water partition coefficient (Wildman–Crippen LogP) is -0.839. The van der Waals surface area contributed by atoms with E-state index in [0.29, 0.717) is 0 Å². The monoisotopic (exact) mass is 250 g/mol. The zero-order valence-electron chi connectivity index (χ0n) is 10.1. The number of hydroxylamine groups is 1. The number of rotatable bonds is 7. The van der Waals surface area contributed by atoms with Crippen LogP contribution in [0.1, 0.15) is 13.8 Å². The van der Waals surface area contributed by atoms with E-state index >= 15 is 0 Å². The average molecular weight is 250 g/mol. The number of nitrogens with zero attached hydrogens (tertiary/aromatic N) is 1. The first-order chi connectivity index (χ1) is 7.95. The van der Waals surface area contributed by atoms with E-state index in [-0.39, 0.29) is 6.54 Å². The summed E-state index contributed by atoms with van der Waals surface area (Å²) in [5.41, 5.74) is 1.96. The molecule has 0 bridgehead atoms. The Morgan fingerprint density at radius 2 is 1.47 bits per heavy atom. The van der Waals surface area contributed by atoms with Gasteiger partial charge in [0.15, 0.2) is 0 Å². The van der Waals surface area contributed by atoms with E-state index in [2.05, 4.69) is 4.84 Å². The third kappa shape index (κ3) is 12.3. The second kappa shape index (κ2) is 10.8. The summed E-state index contributed by atoms with van der Waals surface area (Å²) in [5, 5.41) is 16.9. The highest BCUT2D eigenvalue weighted by atomic mass is 16.6. The molecule has 0 saturated carbocycles. The lowest BCUT2D eigenvalue weighted by molar-refractivity contribution is -0.143. The molecule has 0 unspecified atom stereocenters. The maximum atomic E-state index is 11.0. The van der Waals surface area contributed by atoms with Gasteiger partial charge < -0.3 is 10.2 Å². The van der Waals surface area contributed by atoms with Crippen LogP contribution in [0, 0.1) is 0 Å². The summed E-state index contributed by atoms with van der Waals surface area (Å²) in [6.07, 6.45) is 0. The standard InChI is InChI=1S/C7H12N2O6.C2H6/c1-15-8-5(10)2-9(3-6(11)12)4-7(13)14;1-2/h2-4H2,1H3,(H,8,10)(H,11,12)(H,13,14);1-2H3.